The van der Waals surface area contributed by atoms with Gasteiger partial charge in [0, 0.05) is 39.1 Å². The standard InChI is InChI=1S/C41H36ClNO11/c1-20-25(26-14-24(47-2)10-11-30(26)43(20)40(45)21-6-8-23(42)9-7-21)17-35(44)54-38-28-16-32-31(52-19-53-32)15-27(28)36(37-29(38)18-51-41(37)46)22-12-33(48-3)39(50-5)34(13-22)49-4/h6-16,29,36-38H,17-19H2,1-5H3/t29-,36+,37-,38-/m0/s1. The number of hydrogen-bond donors (Lipinski definition) is 0. The van der Waals surface area contributed by atoms with Crippen LogP contribution in [0.5, 0.6) is 34.5 Å². The van der Waals surface area contributed by atoms with Crippen molar-refractivity contribution in [2.45, 2.75) is 25.4 Å². The highest BCUT2D eigenvalue weighted by molar-refractivity contribution is 6.30. The van der Waals surface area contributed by atoms with Gasteiger partial charge in [0.15, 0.2) is 23.0 Å². The molecule has 0 amide bonds. The third-order valence-electron chi connectivity index (χ3n) is 10.6. The van der Waals surface area contributed by atoms with Gasteiger partial charge in [-0.2, -0.15) is 0 Å². The van der Waals surface area contributed by atoms with Crippen molar-refractivity contribution in [3.05, 3.63) is 105 Å². The molecule has 1 aromatic heterocycles. The topological polar surface area (TPSA) is 130 Å². The Hall–Kier alpha value is -5.88. The Bertz CT molecular complexity index is 2310. The van der Waals surface area contributed by atoms with Crippen LogP contribution < -0.4 is 28.4 Å². The van der Waals surface area contributed by atoms with Crippen molar-refractivity contribution in [1.29, 1.82) is 0 Å². The highest BCUT2D eigenvalue weighted by Crippen LogP contribution is 2.56. The number of benzene rings is 4. The van der Waals surface area contributed by atoms with E-state index in [1.54, 1.807) is 61.1 Å². The summed E-state index contributed by atoms with van der Waals surface area (Å²) in [7, 11) is 6.13. The molecule has 8 rings (SSSR count). The summed E-state index contributed by atoms with van der Waals surface area (Å²) in [5.74, 6) is -0.277. The largest absolute Gasteiger partial charge is 0.497 e. The molecule has 5 aromatic rings. The number of ether oxygens (including phenoxy) is 8. The molecule has 1 fully saturated rings. The van der Waals surface area contributed by atoms with Crippen LogP contribution in [-0.4, -0.2) is 64.3 Å². The SMILES string of the molecule is COc1ccc2c(c1)c(CC(=O)O[C@H]1c3cc4c(cc3[C@@H](c3cc(OC)c(OC)c(OC)c3)[C@H]3C(=O)OC[C@@H]31)OCO4)c(C)n2C(=O)c1ccc(Cl)cc1. The third-order valence-corrected chi connectivity index (χ3v) is 10.8. The highest BCUT2D eigenvalue weighted by atomic mass is 35.5. The van der Waals surface area contributed by atoms with Crippen LogP contribution in [0.15, 0.2) is 66.7 Å². The summed E-state index contributed by atoms with van der Waals surface area (Å²) in [5.41, 5.74) is 4.29. The molecule has 12 nitrogen and oxygen atoms in total. The zero-order chi connectivity index (χ0) is 37.8. The van der Waals surface area contributed by atoms with Crippen molar-refractivity contribution in [3.8, 4) is 34.5 Å². The molecule has 0 saturated carbocycles. The van der Waals surface area contributed by atoms with Crippen LogP contribution in [0.4, 0.5) is 0 Å². The summed E-state index contributed by atoms with van der Waals surface area (Å²) in [5, 5.41) is 1.17. The molecule has 2 aliphatic heterocycles. The Morgan fingerprint density at radius 1 is 0.833 bits per heavy atom. The fourth-order valence-electron chi connectivity index (χ4n) is 8.07. The summed E-state index contributed by atoms with van der Waals surface area (Å²) in [6.45, 7) is 1.84. The molecule has 4 aromatic carbocycles. The lowest BCUT2D eigenvalue weighted by Gasteiger charge is -2.38. The maximum Gasteiger partial charge on any atom is 0.310 e. The van der Waals surface area contributed by atoms with Crippen LogP contribution in [0.2, 0.25) is 5.02 Å². The first kappa shape index (κ1) is 35.2. The number of rotatable bonds is 9. The molecule has 3 heterocycles. The summed E-state index contributed by atoms with van der Waals surface area (Å²) < 4.78 is 47.7. The van der Waals surface area contributed by atoms with Gasteiger partial charge in [-0.15, -0.1) is 0 Å². The molecule has 0 bridgehead atoms. The van der Waals surface area contributed by atoms with E-state index in [1.807, 2.05) is 24.3 Å². The van der Waals surface area contributed by atoms with Gasteiger partial charge < -0.3 is 37.9 Å². The second-order valence-electron chi connectivity index (χ2n) is 13.3. The summed E-state index contributed by atoms with van der Waals surface area (Å²) in [6, 6.07) is 19.3. The lowest BCUT2D eigenvalue weighted by molar-refractivity contribution is -0.153. The average molecular weight is 754 g/mol. The van der Waals surface area contributed by atoms with Crippen molar-refractivity contribution >= 4 is 40.3 Å². The molecule has 0 spiro atoms. The summed E-state index contributed by atoms with van der Waals surface area (Å²) in [6.07, 6.45) is -1.05. The van der Waals surface area contributed by atoms with Gasteiger partial charge in [0.1, 0.15) is 11.9 Å². The van der Waals surface area contributed by atoms with E-state index in [9.17, 15) is 14.4 Å². The predicted octanol–water partition coefficient (Wildman–Crippen LogP) is 6.82. The number of fused-ring (bicyclic) bond motifs is 4. The van der Waals surface area contributed by atoms with Gasteiger partial charge in [-0.3, -0.25) is 19.0 Å². The zero-order valence-corrected chi connectivity index (χ0v) is 30.9. The maximum atomic E-state index is 14.2. The normalized spacial score (nSPS) is 19.5. The first-order valence-corrected chi connectivity index (χ1v) is 17.6. The van der Waals surface area contributed by atoms with E-state index in [1.165, 1.54) is 21.3 Å². The Balaban J connectivity index is 1.20. The van der Waals surface area contributed by atoms with E-state index >= 15 is 0 Å². The second-order valence-corrected chi connectivity index (χ2v) is 13.7. The van der Waals surface area contributed by atoms with Crippen molar-refractivity contribution in [3.63, 3.8) is 0 Å². The molecule has 1 saturated heterocycles. The lowest BCUT2D eigenvalue weighted by Crippen LogP contribution is -2.36. The fourth-order valence-corrected chi connectivity index (χ4v) is 8.19. The van der Waals surface area contributed by atoms with E-state index in [2.05, 4.69) is 0 Å². The maximum absolute atomic E-state index is 14.2. The number of carbonyl (C=O) groups is 3. The molecule has 3 aliphatic rings. The van der Waals surface area contributed by atoms with Crippen LogP contribution in [0.3, 0.4) is 0 Å². The number of hydrogen-bond acceptors (Lipinski definition) is 11. The van der Waals surface area contributed by atoms with E-state index < -0.39 is 35.8 Å². The molecule has 0 unspecified atom stereocenters. The predicted molar refractivity (Wildman–Crippen MR) is 195 cm³/mol. The average Bonchev–Trinajstić information content (AvgIpc) is 3.88. The first-order valence-electron chi connectivity index (χ1n) is 17.2. The van der Waals surface area contributed by atoms with Gasteiger partial charge in [-0.25, -0.2) is 0 Å². The fraction of sp³-hybridized carbons (Fsp3) is 0.293. The molecule has 13 heteroatoms. The van der Waals surface area contributed by atoms with Crippen molar-refractivity contribution in [2.24, 2.45) is 11.8 Å². The van der Waals surface area contributed by atoms with E-state index in [0.29, 0.717) is 83.9 Å². The molecular formula is C41H36ClNO11. The van der Waals surface area contributed by atoms with E-state index in [-0.39, 0.29) is 25.7 Å². The molecular weight excluding hydrogens is 718 g/mol. The summed E-state index contributed by atoms with van der Waals surface area (Å²) in [4.78, 5) is 41.8. The number of esters is 2. The van der Waals surface area contributed by atoms with E-state index in [4.69, 9.17) is 49.5 Å². The number of methoxy groups -OCH3 is 4. The minimum Gasteiger partial charge on any atom is -0.497 e. The Kier molecular flexibility index (Phi) is 9.01. The zero-order valence-electron chi connectivity index (χ0n) is 30.1. The van der Waals surface area contributed by atoms with Gasteiger partial charge in [0.25, 0.3) is 5.91 Å². The van der Waals surface area contributed by atoms with Gasteiger partial charge in [-0.1, -0.05) is 11.6 Å². The van der Waals surface area contributed by atoms with Gasteiger partial charge in [0.2, 0.25) is 12.5 Å². The number of aromatic nitrogens is 1. The minimum atomic E-state index is -0.879. The molecule has 0 radical (unpaired) electrons. The Morgan fingerprint density at radius 3 is 2.17 bits per heavy atom. The first-order chi connectivity index (χ1) is 26.1. The van der Waals surface area contributed by atoms with Gasteiger partial charge >= 0.3 is 11.9 Å². The number of cyclic esters (lactones) is 1. The minimum absolute atomic E-state index is 0.0218. The van der Waals surface area contributed by atoms with Crippen LogP contribution in [0, 0.1) is 18.8 Å². The van der Waals surface area contributed by atoms with Crippen LogP contribution in [0.1, 0.15) is 50.3 Å². The van der Waals surface area contributed by atoms with E-state index in [0.717, 1.165) is 0 Å². The van der Waals surface area contributed by atoms with Crippen LogP contribution in [-0.2, 0) is 25.5 Å². The smallest absolute Gasteiger partial charge is 0.310 e. The van der Waals surface area contributed by atoms with Crippen LogP contribution >= 0.6 is 11.6 Å². The molecule has 4 atom stereocenters. The molecule has 0 N–H and O–H groups in total. The van der Waals surface area contributed by atoms with Gasteiger partial charge in [0.05, 0.1) is 52.9 Å². The number of nitrogens with zero attached hydrogens (tertiary/aromatic N) is 1. The van der Waals surface area contributed by atoms with Gasteiger partial charge in [-0.05, 0) is 90.3 Å². The molecule has 278 valence electrons. The highest BCUT2D eigenvalue weighted by Gasteiger charge is 2.54. The van der Waals surface area contributed by atoms with Crippen LogP contribution in [0.25, 0.3) is 10.9 Å². The second kappa shape index (κ2) is 13.8. The monoisotopic (exact) mass is 753 g/mol. The molecule has 54 heavy (non-hydrogen) atoms. The van der Waals surface area contributed by atoms with Crippen molar-refractivity contribution in [2.75, 3.05) is 41.8 Å². The quantitative estimate of drug-likeness (QED) is 0.147. The van der Waals surface area contributed by atoms with Crippen molar-refractivity contribution in [1.82, 2.24) is 4.57 Å². The number of halogens is 1. The Labute approximate surface area is 315 Å². The van der Waals surface area contributed by atoms with Crippen molar-refractivity contribution < 1.29 is 52.3 Å². The summed E-state index contributed by atoms with van der Waals surface area (Å²) >= 11 is 6.10. The lowest BCUT2D eigenvalue weighted by atomic mass is 9.66. The number of carbonyl (C=O) groups excluding carboxylic acids is 3. The molecule has 1 aliphatic carbocycles. The Morgan fingerprint density at radius 2 is 1.52 bits per heavy atom. The third kappa shape index (κ3) is 5.72.